The zero-order chi connectivity index (χ0) is 19.9. The van der Waals surface area contributed by atoms with Gasteiger partial charge in [0.2, 0.25) is 5.91 Å². The van der Waals surface area contributed by atoms with Gasteiger partial charge in [-0.25, -0.2) is 4.79 Å². The molecule has 0 saturated carbocycles. The molecule has 0 saturated heterocycles. The van der Waals surface area contributed by atoms with Crippen LogP contribution < -0.4 is 11.1 Å². The largest absolute Gasteiger partial charge is 0.459 e. The molecule has 0 spiro atoms. The summed E-state index contributed by atoms with van der Waals surface area (Å²) in [6.45, 7) is 1.76. The van der Waals surface area contributed by atoms with E-state index >= 15 is 0 Å². The van der Waals surface area contributed by atoms with Crippen molar-refractivity contribution in [3.05, 3.63) is 83.9 Å². The van der Waals surface area contributed by atoms with Crippen LogP contribution in [0.15, 0.2) is 72.8 Å². The van der Waals surface area contributed by atoms with Crippen molar-refractivity contribution in [2.24, 2.45) is 5.73 Å². The highest BCUT2D eigenvalue weighted by Gasteiger charge is 2.21. The van der Waals surface area contributed by atoms with Crippen LogP contribution in [0, 0.1) is 0 Å². The number of nitrogens with two attached hydrogens (primary N) is 1. The average molecular weight is 376 g/mol. The third-order valence-corrected chi connectivity index (χ3v) is 4.54. The quantitative estimate of drug-likeness (QED) is 0.621. The van der Waals surface area contributed by atoms with Gasteiger partial charge >= 0.3 is 5.97 Å². The summed E-state index contributed by atoms with van der Waals surface area (Å²) in [5.74, 6) is -0.868. The Morgan fingerprint density at radius 3 is 2.36 bits per heavy atom. The molecule has 3 rings (SSSR count). The number of carbonyl (C=O) groups excluding carboxylic acids is 2. The van der Waals surface area contributed by atoms with E-state index in [1.54, 1.807) is 6.92 Å². The van der Waals surface area contributed by atoms with Crippen molar-refractivity contribution in [2.75, 3.05) is 0 Å². The van der Waals surface area contributed by atoms with Gasteiger partial charge in [-0.3, -0.25) is 4.79 Å². The third-order valence-electron chi connectivity index (χ3n) is 4.54. The van der Waals surface area contributed by atoms with Crippen molar-refractivity contribution in [2.45, 2.75) is 32.0 Å². The standard InChI is InChI=1S/C23H24N2O3/c1-16(23(27)28-15-17-7-3-2-4-8-17)25-22(26)21(24)14-18-11-12-19-9-5-6-10-20(19)13-18/h2-13,16,21H,14-15,24H2,1H3,(H,25,26)/t16-,21-/m0/s1. The molecule has 0 aliphatic carbocycles. The lowest BCUT2D eigenvalue weighted by atomic mass is 10.0. The van der Waals surface area contributed by atoms with E-state index in [2.05, 4.69) is 5.32 Å². The van der Waals surface area contributed by atoms with Gasteiger partial charge in [-0.05, 0) is 35.2 Å². The van der Waals surface area contributed by atoms with Crippen molar-refractivity contribution < 1.29 is 14.3 Å². The van der Waals surface area contributed by atoms with Gasteiger partial charge < -0.3 is 15.8 Å². The minimum Gasteiger partial charge on any atom is -0.459 e. The van der Waals surface area contributed by atoms with Crippen molar-refractivity contribution in [1.82, 2.24) is 5.32 Å². The topological polar surface area (TPSA) is 81.4 Å². The zero-order valence-electron chi connectivity index (χ0n) is 15.8. The summed E-state index contributed by atoms with van der Waals surface area (Å²) in [5.41, 5.74) is 7.91. The smallest absolute Gasteiger partial charge is 0.328 e. The number of hydrogen-bond donors (Lipinski definition) is 2. The molecule has 0 aliphatic heterocycles. The molecule has 0 bridgehead atoms. The monoisotopic (exact) mass is 376 g/mol. The van der Waals surface area contributed by atoms with Gasteiger partial charge in [-0.1, -0.05) is 72.8 Å². The lowest BCUT2D eigenvalue weighted by Gasteiger charge is -2.17. The second kappa shape index (κ2) is 9.15. The average Bonchev–Trinajstić information content (AvgIpc) is 2.72. The maximum atomic E-state index is 12.4. The Kier molecular flexibility index (Phi) is 6.40. The molecule has 0 aliphatic rings. The van der Waals surface area contributed by atoms with Crippen molar-refractivity contribution in [3.63, 3.8) is 0 Å². The molecule has 0 fully saturated rings. The zero-order valence-corrected chi connectivity index (χ0v) is 15.8. The summed E-state index contributed by atoms with van der Waals surface area (Å²) < 4.78 is 5.24. The van der Waals surface area contributed by atoms with E-state index in [0.717, 1.165) is 21.9 Å². The lowest BCUT2D eigenvalue weighted by molar-refractivity contribution is -0.148. The molecule has 0 radical (unpaired) electrons. The first kappa shape index (κ1) is 19.6. The molecule has 28 heavy (non-hydrogen) atoms. The number of nitrogens with one attached hydrogen (secondary N) is 1. The van der Waals surface area contributed by atoms with E-state index in [9.17, 15) is 9.59 Å². The maximum absolute atomic E-state index is 12.4. The van der Waals surface area contributed by atoms with Crippen LogP contribution in [0.4, 0.5) is 0 Å². The third kappa shape index (κ3) is 5.18. The molecule has 3 aromatic carbocycles. The molecule has 0 unspecified atom stereocenters. The number of carbonyl (C=O) groups is 2. The molecule has 3 aromatic rings. The molecular formula is C23H24N2O3. The van der Waals surface area contributed by atoms with E-state index < -0.39 is 18.1 Å². The van der Waals surface area contributed by atoms with E-state index in [1.807, 2.05) is 72.8 Å². The first-order chi connectivity index (χ1) is 13.5. The molecule has 0 heterocycles. The number of ether oxygens (including phenoxy) is 1. The van der Waals surface area contributed by atoms with Gasteiger partial charge in [0.15, 0.2) is 0 Å². The van der Waals surface area contributed by atoms with Gasteiger partial charge in [0.25, 0.3) is 0 Å². The second-order valence-electron chi connectivity index (χ2n) is 6.82. The van der Waals surface area contributed by atoms with Crippen molar-refractivity contribution in [1.29, 1.82) is 0 Å². The summed E-state index contributed by atoms with van der Waals surface area (Å²) in [5, 5.41) is 4.87. The Labute approximate surface area is 164 Å². The highest BCUT2D eigenvalue weighted by molar-refractivity contribution is 5.88. The number of rotatable bonds is 7. The van der Waals surface area contributed by atoms with E-state index in [-0.39, 0.29) is 12.5 Å². The SMILES string of the molecule is C[C@H](NC(=O)[C@@H](N)Cc1ccc2ccccc2c1)C(=O)OCc1ccccc1. The molecule has 5 nitrogen and oxygen atoms in total. The van der Waals surface area contributed by atoms with Gasteiger partial charge in [-0.2, -0.15) is 0 Å². The number of fused-ring (bicyclic) bond motifs is 1. The van der Waals surface area contributed by atoms with Crippen LogP contribution >= 0.6 is 0 Å². The van der Waals surface area contributed by atoms with E-state index in [4.69, 9.17) is 10.5 Å². The Hall–Kier alpha value is -3.18. The van der Waals surface area contributed by atoms with E-state index in [1.165, 1.54) is 0 Å². The molecule has 3 N–H and O–H groups in total. The summed E-state index contributed by atoms with van der Waals surface area (Å²) in [6.07, 6.45) is 0.391. The Morgan fingerprint density at radius 1 is 0.929 bits per heavy atom. The normalized spacial score (nSPS) is 12.9. The molecule has 1 amide bonds. The van der Waals surface area contributed by atoms with Crippen LogP contribution in [-0.2, 0) is 27.4 Å². The summed E-state index contributed by atoms with van der Waals surface area (Å²) in [4.78, 5) is 24.5. The fraction of sp³-hybridized carbons (Fsp3) is 0.217. The predicted octanol–water partition coefficient (Wildman–Crippen LogP) is 2.96. The Balaban J connectivity index is 1.51. The highest BCUT2D eigenvalue weighted by atomic mass is 16.5. The first-order valence-electron chi connectivity index (χ1n) is 9.27. The summed E-state index contributed by atoms with van der Waals surface area (Å²) >= 11 is 0. The highest BCUT2D eigenvalue weighted by Crippen LogP contribution is 2.16. The molecule has 2 atom stereocenters. The molecule has 5 heteroatoms. The van der Waals surface area contributed by atoms with Crippen LogP contribution in [-0.4, -0.2) is 24.0 Å². The maximum Gasteiger partial charge on any atom is 0.328 e. The van der Waals surface area contributed by atoms with Crippen LogP contribution in [0.25, 0.3) is 10.8 Å². The minimum absolute atomic E-state index is 0.170. The summed E-state index contributed by atoms with van der Waals surface area (Å²) in [6, 6.07) is 21.9. The van der Waals surface area contributed by atoms with Gasteiger partial charge in [0.05, 0.1) is 6.04 Å². The number of benzene rings is 3. The molecule has 0 aromatic heterocycles. The number of amides is 1. The van der Waals surface area contributed by atoms with Gasteiger partial charge in [0.1, 0.15) is 12.6 Å². The van der Waals surface area contributed by atoms with Crippen LogP contribution in [0.1, 0.15) is 18.1 Å². The van der Waals surface area contributed by atoms with Gasteiger partial charge in [-0.15, -0.1) is 0 Å². The van der Waals surface area contributed by atoms with Gasteiger partial charge in [0, 0.05) is 0 Å². The predicted molar refractivity (Wildman–Crippen MR) is 109 cm³/mol. The molecular weight excluding hydrogens is 352 g/mol. The number of hydrogen-bond acceptors (Lipinski definition) is 4. The fourth-order valence-electron chi connectivity index (χ4n) is 2.95. The minimum atomic E-state index is -0.765. The number of esters is 1. The van der Waals surface area contributed by atoms with Crippen molar-refractivity contribution in [3.8, 4) is 0 Å². The Morgan fingerprint density at radius 2 is 1.61 bits per heavy atom. The van der Waals surface area contributed by atoms with Crippen LogP contribution in [0.2, 0.25) is 0 Å². The lowest BCUT2D eigenvalue weighted by Crippen LogP contribution is -2.48. The van der Waals surface area contributed by atoms with Crippen molar-refractivity contribution >= 4 is 22.6 Å². The summed E-state index contributed by atoms with van der Waals surface area (Å²) in [7, 11) is 0. The van der Waals surface area contributed by atoms with E-state index in [0.29, 0.717) is 6.42 Å². The Bertz CT molecular complexity index is 956. The fourth-order valence-corrected chi connectivity index (χ4v) is 2.95. The second-order valence-corrected chi connectivity index (χ2v) is 6.82. The first-order valence-corrected chi connectivity index (χ1v) is 9.27. The van der Waals surface area contributed by atoms with Crippen LogP contribution in [0.5, 0.6) is 0 Å². The van der Waals surface area contributed by atoms with Crippen LogP contribution in [0.3, 0.4) is 0 Å². The molecule has 144 valence electrons.